The Balaban J connectivity index is 1.89. The number of amides is 2. The van der Waals surface area contributed by atoms with Crippen LogP contribution in [0.25, 0.3) is 11.3 Å². The van der Waals surface area contributed by atoms with Crippen molar-refractivity contribution in [3.05, 3.63) is 77.5 Å². The molecule has 2 aromatic carbocycles. The van der Waals surface area contributed by atoms with Gasteiger partial charge in [0, 0.05) is 25.2 Å². The molecule has 0 spiro atoms. The molecule has 0 fully saturated rings. The van der Waals surface area contributed by atoms with Crippen LogP contribution in [0.2, 0.25) is 0 Å². The summed E-state index contributed by atoms with van der Waals surface area (Å²) in [6.45, 7) is 1.93. The molecule has 3 rings (SSSR count). The molecule has 3 N–H and O–H groups in total. The number of carbonyl (C=O) groups excluding carboxylic acids is 3. The summed E-state index contributed by atoms with van der Waals surface area (Å²) in [6, 6.07) is 15.7. The molecule has 0 aliphatic heterocycles. The van der Waals surface area contributed by atoms with Gasteiger partial charge in [0.15, 0.2) is 0 Å². The van der Waals surface area contributed by atoms with Crippen LogP contribution in [0.4, 0.5) is 0 Å². The molecule has 1 aromatic heterocycles. The van der Waals surface area contributed by atoms with Crippen LogP contribution in [0.3, 0.4) is 0 Å². The molecule has 29 heavy (non-hydrogen) atoms. The lowest BCUT2D eigenvalue weighted by Crippen LogP contribution is -2.47. The van der Waals surface area contributed by atoms with Crippen LogP contribution in [-0.2, 0) is 23.1 Å². The third-order valence-corrected chi connectivity index (χ3v) is 4.51. The molecular formula is C22H22N4O3. The minimum atomic E-state index is -1.09. The summed E-state index contributed by atoms with van der Waals surface area (Å²) in [7, 11) is 1.71. The van der Waals surface area contributed by atoms with Crippen molar-refractivity contribution in [2.24, 2.45) is 12.8 Å². The maximum Gasteiger partial charge on any atom is 0.287 e. The Morgan fingerprint density at radius 2 is 1.83 bits per heavy atom. The van der Waals surface area contributed by atoms with Crippen LogP contribution in [0, 0.1) is 6.92 Å². The molecule has 148 valence electrons. The molecule has 0 radical (unpaired) electrons. The summed E-state index contributed by atoms with van der Waals surface area (Å²) >= 11 is 0. The largest absolute Gasteiger partial charge is 0.363 e. The second-order valence-corrected chi connectivity index (χ2v) is 6.88. The molecule has 0 bridgehead atoms. The van der Waals surface area contributed by atoms with E-state index < -0.39 is 23.6 Å². The third-order valence-electron chi connectivity index (χ3n) is 4.51. The quantitative estimate of drug-likeness (QED) is 0.600. The number of nitrogens with two attached hydrogens (primary N) is 1. The standard InChI is InChI=1S/C22H22N4O3/c1-14-7-6-8-15(11-14)12-18(20(27)21(23)28)24-22(29)17-13-26(2)25-19(17)16-9-4-3-5-10-16/h3-11,13,18H,12H2,1-2H3,(H2,23,28)(H,24,29)/t18-/m0/s1. The van der Waals surface area contributed by atoms with E-state index in [0.29, 0.717) is 11.3 Å². The van der Waals surface area contributed by atoms with Crippen molar-refractivity contribution in [3.8, 4) is 11.3 Å². The average molecular weight is 390 g/mol. The average Bonchev–Trinajstić information content (AvgIpc) is 3.09. The lowest BCUT2D eigenvalue weighted by Gasteiger charge is -2.16. The first kappa shape index (κ1) is 20.0. The number of hydrogen-bond acceptors (Lipinski definition) is 4. The first-order valence-corrected chi connectivity index (χ1v) is 9.14. The Hall–Kier alpha value is -3.74. The van der Waals surface area contributed by atoms with Crippen molar-refractivity contribution in [2.75, 3.05) is 0 Å². The number of aryl methyl sites for hydroxylation is 2. The van der Waals surface area contributed by atoms with Crippen molar-refractivity contribution in [1.29, 1.82) is 0 Å². The van der Waals surface area contributed by atoms with Crippen LogP contribution in [0.5, 0.6) is 0 Å². The maximum atomic E-state index is 13.0. The van der Waals surface area contributed by atoms with Gasteiger partial charge < -0.3 is 11.1 Å². The minimum Gasteiger partial charge on any atom is -0.363 e. The van der Waals surface area contributed by atoms with E-state index in [9.17, 15) is 14.4 Å². The van der Waals surface area contributed by atoms with E-state index in [1.54, 1.807) is 13.2 Å². The van der Waals surface area contributed by atoms with Gasteiger partial charge in [0.05, 0.1) is 5.56 Å². The zero-order valence-corrected chi connectivity index (χ0v) is 16.3. The van der Waals surface area contributed by atoms with Crippen LogP contribution in [-0.4, -0.2) is 33.4 Å². The van der Waals surface area contributed by atoms with E-state index in [1.807, 2.05) is 61.5 Å². The summed E-state index contributed by atoms with van der Waals surface area (Å²) in [6.07, 6.45) is 1.74. The summed E-state index contributed by atoms with van der Waals surface area (Å²) in [5.74, 6) is -2.42. The maximum absolute atomic E-state index is 13.0. The lowest BCUT2D eigenvalue weighted by molar-refractivity contribution is -0.137. The molecule has 3 aromatic rings. The molecule has 7 heteroatoms. The SMILES string of the molecule is Cc1cccc(C[C@H](NC(=O)c2cn(C)nc2-c2ccccc2)C(=O)C(N)=O)c1. The van der Waals surface area contributed by atoms with Crippen molar-refractivity contribution >= 4 is 17.6 Å². The monoisotopic (exact) mass is 390 g/mol. The minimum absolute atomic E-state index is 0.163. The van der Waals surface area contributed by atoms with Crippen molar-refractivity contribution < 1.29 is 14.4 Å². The molecule has 0 aliphatic rings. The van der Waals surface area contributed by atoms with Crippen LogP contribution < -0.4 is 11.1 Å². The van der Waals surface area contributed by atoms with Crippen molar-refractivity contribution in [3.63, 3.8) is 0 Å². The Morgan fingerprint density at radius 3 is 2.48 bits per heavy atom. The zero-order chi connectivity index (χ0) is 21.0. The van der Waals surface area contributed by atoms with Gasteiger partial charge in [-0.3, -0.25) is 19.1 Å². The Kier molecular flexibility index (Phi) is 5.87. The molecule has 2 amide bonds. The highest BCUT2D eigenvalue weighted by Gasteiger charge is 2.27. The van der Waals surface area contributed by atoms with Gasteiger partial charge in [-0.2, -0.15) is 5.10 Å². The molecule has 1 atom stereocenters. The predicted octanol–water partition coefficient (Wildman–Crippen LogP) is 1.79. The molecule has 0 saturated heterocycles. The molecule has 7 nitrogen and oxygen atoms in total. The fraction of sp³-hybridized carbons (Fsp3) is 0.182. The van der Waals surface area contributed by atoms with Gasteiger partial charge in [-0.05, 0) is 12.5 Å². The number of aromatic nitrogens is 2. The van der Waals surface area contributed by atoms with Gasteiger partial charge in [0.1, 0.15) is 11.7 Å². The van der Waals surface area contributed by atoms with Gasteiger partial charge >= 0.3 is 0 Å². The van der Waals surface area contributed by atoms with E-state index in [1.165, 1.54) is 4.68 Å². The fourth-order valence-electron chi connectivity index (χ4n) is 3.16. The second-order valence-electron chi connectivity index (χ2n) is 6.88. The van der Waals surface area contributed by atoms with Crippen LogP contribution in [0.1, 0.15) is 21.5 Å². The molecule has 0 aliphatic carbocycles. The molecule has 0 saturated carbocycles. The predicted molar refractivity (Wildman–Crippen MR) is 109 cm³/mol. The number of carbonyl (C=O) groups is 3. The first-order valence-electron chi connectivity index (χ1n) is 9.14. The summed E-state index contributed by atoms with van der Waals surface area (Å²) in [5, 5.41) is 7.03. The molecular weight excluding hydrogens is 368 g/mol. The Labute approximate surface area is 168 Å². The van der Waals surface area contributed by atoms with Crippen molar-refractivity contribution in [1.82, 2.24) is 15.1 Å². The van der Waals surface area contributed by atoms with Gasteiger partial charge in [0.2, 0.25) is 5.78 Å². The van der Waals surface area contributed by atoms with Gasteiger partial charge in [0.25, 0.3) is 11.8 Å². The summed E-state index contributed by atoms with van der Waals surface area (Å²) < 4.78 is 1.53. The fourth-order valence-corrected chi connectivity index (χ4v) is 3.16. The Morgan fingerprint density at radius 1 is 1.10 bits per heavy atom. The van der Waals surface area contributed by atoms with E-state index in [0.717, 1.165) is 16.7 Å². The first-order chi connectivity index (χ1) is 13.8. The smallest absolute Gasteiger partial charge is 0.287 e. The molecule has 1 heterocycles. The number of rotatable bonds is 7. The lowest BCUT2D eigenvalue weighted by atomic mass is 9.99. The number of ketones is 1. The number of Topliss-reactive ketones (excluding diaryl/α,β-unsaturated/α-hetero) is 1. The van der Waals surface area contributed by atoms with Gasteiger partial charge in [-0.25, -0.2) is 0 Å². The van der Waals surface area contributed by atoms with Gasteiger partial charge in [-0.1, -0.05) is 60.2 Å². The highest BCUT2D eigenvalue weighted by atomic mass is 16.2. The van der Waals surface area contributed by atoms with Crippen LogP contribution in [0.15, 0.2) is 60.8 Å². The Bertz CT molecular complexity index is 1060. The number of primary amides is 1. The topological polar surface area (TPSA) is 107 Å². The second kappa shape index (κ2) is 8.52. The number of hydrogen-bond donors (Lipinski definition) is 2. The van der Waals surface area contributed by atoms with E-state index in [2.05, 4.69) is 10.4 Å². The highest BCUT2D eigenvalue weighted by molar-refractivity contribution is 6.38. The number of benzene rings is 2. The summed E-state index contributed by atoms with van der Waals surface area (Å²) in [4.78, 5) is 36.8. The van der Waals surface area contributed by atoms with Gasteiger partial charge in [-0.15, -0.1) is 0 Å². The highest BCUT2D eigenvalue weighted by Crippen LogP contribution is 2.21. The molecule has 0 unspecified atom stereocenters. The van der Waals surface area contributed by atoms with E-state index >= 15 is 0 Å². The number of nitrogens with zero attached hydrogens (tertiary/aromatic N) is 2. The summed E-state index contributed by atoms with van der Waals surface area (Å²) in [5.41, 5.74) is 8.61. The zero-order valence-electron chi connectivity index (χ0n) is 16.3. The van der Waals surface area contributed by atoms with Crippen molar-refractivity contribution in [2.45, 2.75) is 19.4 Å². The van der Waals surface area contributed by atoms with E-state index in [4.69, 9.17) is 5.73 Å². The third kappa shape index (κ3) is 4.76. The van der Waals surface area contributed by atoms with Crippen LogP contribution >= 0.6 is 0 Å². The number of nitrogens with one attached hydrogen (secondary N) is 1. The normalized spacial score (nSPS) is 11.7. The van der Waals surface area contributed by atoms with E-state index in [-0.39, 0.29) is 6.42 Å².